The zero-order chi connectivity index (χ0) is 15.2. The monoisotopic (exact) mass is 351 g/mol. The summed E-state index contributed by atoms with van der Waals surface area (Å²) in [7, 11) is 1.47. The van der Waals surface area contributed by atoms with E-state index in [4.69, 9.17) is 4.74 Å². The zero-order valence-corrected chi connectivity index (χ0v) is 13.8. The van der Waals surface area contributed by atoms with Gasteiger partial charge in [-0.15, -0.1) is 0 Å². The van der Waals surface area contributed by atoms with Crippen LogP contribution in [-0.2, 0) is 6.42 Å². The van der Waals surface area contributed by atoms with Crippen LogP contribution in [0, 0.1) is 5.82 Å². The predicted molar refractivity (Wildman–Crippen MR) is 87.2 cm³/mol. The molecule has 2 aromatic carbocycles. The Morgan fingerprint density at radius 3 is 2.62 bits per heavy atom. The quantitative estimate of drug-likeness (QED) is 0.827. The van der Waals surface area contributed by atoms with E-state index in [1.807, 2.05) is 31.2 Å². The van der Waals surface area contributed by atoms with Crippen LogP contribution in [0.1, 0.15) is 24.1 Å². The molecule has 2 rings (SSSR count). The number of hydrogen-bond acceptors (Lipinski definition) is 2. The summed E-state index contributed by atoms with van der Waals surface area (Å²) in [5, 5.41) is 3.41. The van der Waals surface area contributed by atoms with Gasteiger partial charge < -0.3 is 10.1 Å². The van der Waals surface area contributed by atoms with Crippen molar-refractivity contribution < 1.29 is 9.13 Å². The summed E-state index contributed by atoms with van der Waals surface area (Å²) < 4.78 is 20.0. The summed E-state index contributed by atoms with van der Waals surface area (Å²) >= 11 is 3.56. The second-order valence-corrected chi connectivity index (χ2v) is 5.65. The highest BCUT2D eigenvalue weighted by molar-refractivity contribution is 9.10. The van der Waals surface area contributed by atoms with Crippen molar-refractivity contribution in [1.29, 1.82) is 0 Å². The molecule has 0 fully saturated rings. The first-order valence-electron chi connectivity index (χ1n) is 6.96. The largest absolute Gasteiger partial charge is 0.494 e. The van der Waals surface area contributed by atoms with E-state index < -0.39 is 0 Å². The normalized spacial score (nSPS) is 12.2. The molecule has 0 bridgehead atoms. The summed E-state index contributed by atoms with van der Waals surface area (Å²) in [4.78, 5) is 0. The van der Waals surface area contributed by atoms with Crippen molar-refractivity contribution in [2.45, 2.75) is 19.4 Å². The van der Waals surface area contributed by atoms with Crippen molar-refractivity contribution in [3.05, 3.63) is 63.9 Å². The Kier molecular flexibility index (Phi) is 5.76. The molecular weight excluding hydrogens is 333 g/mol. The highest BCUT2D eigenvalue weighted by atomic mass is 79.9. The molecule has 0 aliphatic heterocycles. The first-order chi connectivity index (χ1) is 10.2. The topological polar surface area (TPSA) is 21.3 Å². The summed E-state index contributed by atoms with van der Waals surface area (Å²) in [6.45, 7) is 2.87. The summed E-state index contributed by atoms with van der Waals surface area (Å²) in [6.07, 6.45) is 0.793. The van der Waals surface area contributed by atoms with Crippen LogP contribution in [0.2, 0.25) is 0 Å². The SMILES string of the molecule is CCNC(Cc1ccccc1Br)c1ccc(OC)c(F)c1. The van der Waals surface area contributed by atoms with Gasteiger partial charge in [0.25, 0.3) is 0 Å². The number of benzene rings is 2. The Morgan fingerprint density at radius 1 is 1.24 bits per heavy atom. The minimum atomic E-state index is -0.329. The van der Waals surface area contributed by atoms with Gasteiger partial charge in [-0.2, -0.15) is 0 Å². The number of hydrogen-bond donors (Lipinski definition) is 1. The van der Waals surface area contributed by atoms with Gasteiger partial charge in [0, 0.05) is 10.5 Å². The molecule has 2 nitrogen and oxygen atoms in total. The average molecular weight is 352 g/mol. The molecule has 1 atom stereocenters. The molecule has 0 aliphatic carbocycles. The first-order valence-corrected chi connectivity index (χ1v) is 7.75. The van der Waals surface area contributed by atoms with Gasteiger partial charge in [0.15, 0.2) is 11.6 Å². The molecule has 0 aromatic heterocycles. The molecule has 0 saturated carbocycles. The lowest BCUT2D eigenvalue weighted by Gasteiger charge is -2.20. The minimum absolute atomic E-state index is 0.0640. The van der Waals surface area contributed by atoms with Crippen LogP contribution in [0.4, 0.5) is 4.39 Å². The fraction of sp³-hybridized carbons (Fsp3) is 0.294. The first kappa shape index (κ1) is 16.0. The number of ether oxygens (including phenoxy) is 1. The van der Waals surface area contributed by atoms with E-state index in [9.17, 15) is 4.39 Å². The number of methoxy groups -OCH3 is 1. The highest BCUT2D eigenvalue weighted by Crippen LogP contribution is 2.26. The molecule has 1 unspecified atom stereocenters. The van der Waals surface area contributed by atoms with Gasteiger partial charge in [0.2, 0.25) is 0 Å². The number of nitrogens with one attached hydrogen (secondary N) is 1. The lowest BCUT2D eigenvalue weighted by atomic mass is 9.98. The number of halogens is 2. The standard InChI is InChI=1S/C17H19BrFNO/c1-3-20-16(11-12-6-4-5-7-14(12)18)13-8-9-17(21-2)15(19)10-13/h4-10,16,20H,3,11H2,1-2H3. The molecule has 112 valence electrons. The zero-order valence-electron chi connectivity index (χ0n) is 12.2. The molecule has 0 heterocycles. The maximum atomic E-state index is 13.9. The second-order valence-electron chi connectivity index (χ2n) is 4.80. The molecule has 0 radical (unpaired) electrons. The number of rotatable bonds is 6. The van der Waals surface area contributed by atoms with Crippen molar-refractivity contribution in [2.24, 2.45) is 0 Å². The fourth-order valence-corrected chi connectivity index (χ4v) is 2.78. The highest BCUT2D eigenvalue weighted by Gasteiger charge is 2.15. The number of likely N-dealkylation sites (N-methyl/N-ethyl adjacent to an activating group) is 1. The van der Waals surface area contributed by atoms with E-state index in [0.717, 1.165) is 23.0 Å². The third kappa shape index (κ3) is 4.05. The van der Waals surface area contributed by atoms with E-state index in [1.165, 1.54) is 12.7 Å². The third-order valence-corrected chi connectivity index (χ3v) is 4.18. The lowest BCUT2D eigenvalue weighted by Crippen LogP contribution is -2.23. The average Bonchev–Trinajstić information content (AvgIpc) is 2.49. The van der Waals surface area contributed by atoms with Crippen LogP contribution >= 0.6 is 15.9 Å². The van der Waals surface area contributed by atoms with E-state index in [0.29, 0.717) is 0 Å². The fourth-order valence-electron chi connectivity index (χ4n) is 2.34. The van der Waals surface area contributed by atoms with Gasteiger partial charge in [-0.3, -0.25) is 0 Å². The molecule has 0 saturated heterocycles. The van der Waals surface area contributed by atoms with Crippen molar-refractivity contribution >= 4 is 15.9 Å². The minimum Gasteiger partial charge on any atom is -0.494 e. The Balaban J connectivity index is 2.26. The molecule has 21 heavy (non-hydrogen) atoms. The van der Waals surface area contributed by atoms with Crippen LogP contribution in [0.25, 0.3) is 0 Å². The van der Waals surface area contributed by atoms with Crippen LogP contribution in [0.3, 0.4) is 0 Å². The Bertz CT molecular complexity index is 603. The maximum Gasteiger partial charge on any atom is 0.165 e. The van der Waals surface area contributed by atoms with Gasteiger partial charge in [0.05, 0.1) is 7.11 Å². The van der Waals surface area contributed by atoms with Gasteiger partial charge in [-0.25, -0.2) is 4.39 Å². The van der Waals surface area contributed by atoms with Crippen molar-refractivity contribution in [1.82, 2.24) is 5.32 Å². The molecule has 0 aliphatic rings. The van der Waals surface area contributed by atoms with Crippen LogP contribution in [-0.4, -0.2) is 13.7 Å². The van der Waals surface area contributed by atoms with Crippen molar-refractivity contribution in [3.63, 3.8) is 0 Å². The third-order valence-electron chi connectivity index (χ3n) is 3.41. The Hall–Kier alpha value is -1.39. The van der Waals surface area contributed by atoms with Gasteiger partial charge >= 0.3 is 0 Å². The molecule has 2 aromatic rings. The van der Waals surface area contributed by atoms with Gasteiger partial charge in [-0.1, -0.05) is 47.1 Å². The van der Waals surface area contributed by atoms with E-state index >= 15 is 0 Å². The van der Waals surface area contributed by atoms with E-state index in [-0.39, 0.29) is 17.6 Å². The Labute approximate surface area is 133 Å². The van der Waals surface area contributed by atoms with Gasteiger partial charge in [-0.05, 0) is 42.3 Å². The second kappa shape index (κ2) is 7.57. The van der Waals surface area contributed by atoms with Crippen molar-refractivity contribution in [2.75, 3.05) is 13.7 Å². The van der Waals surface area contributed by atoms with Crippen molar-refractivity contribution in [3.8, 4) is 5.75 Å². The van der Waals surface area contributed by atoms with Crippen LogP contribution in [0.15, 0.2) is 46.9 Å². The molecule has 1 N–H and O–H groups in total. The molecule has 0 spiro atoms. The molecule has 0 amide bonds. The molecule has 4 heteroatoms. The van der Waals surface area contributed by atoms with E-state index in [2.05, 4.69) is 27.3 Å². The smallest absolute Gasteiger partial charge is 0.165 e. The summed E-state index contributed by atoms with van der Waals surface area (Å²) in [6, 6.07) is 13.3. The lowest BCUT2D eigenvalue weighted by molar-refractivity contribution is 0.385. The van der Waals surface area contributed by atoms with Crippen LogP contribution < -0.4 is 10.1 Å². The van der Waals surface area contributed by atoms with Gasteiger partial charge in [0.1, 0.15) is 0 Å². The van der Waals surface area contributed by atoms with E-state index in [1.54, 1.807) is 12.1 Å². The summed E-state index contributed by atoms with van der Waals surface area (Å²) in [5.74, 6) is -0.0556. The summed E-state index contributed by atoms with van der Waals surface area (Å²) in [5.41, 5.74) is 2.12. The Morgan fingerprint density at radius 2 is 2.00 bits per heavy atom. The van der Waals surface area contributed by atoms with Crippen LogP contribution in [0.5, 0.6) is 5.75 Å². The maximum absolute atomic E-state index is 13.9. The predicted octanol–water partition coefficient (Wildman–Crippen LogP) is 4.49. The molecular formula is C17H19BrFNO.